The predicted molar refractivity (Wildman–Crippen MR) is 104 cm³/mol. The molecule has 0 spiro atoms. The number of methoxy groups -OCH3 is 1. The fourth-order valence-electron chi connectivity index (χ4n) is 2.62. The number of amides is 2. The molecule has 2 rings (SSSR count). The molecule has 0 fully saturated rings. The van der Waals surface area contributed by atoms with E-state index in [2.05, 4.69) is 5.32 Å². The highest BCUT2D eigenvalue weighted by Crippen LogP contribution is 2.22. The van der Waals surface area contributed by atoms with Crippen molar-refractivity contribution < 1.29 is 18.7 Å². The first-order chi connectivity index (χ1) is 12.9. The molecule has 1 N–H and O–H groups in total. The molecule has 0 aliphatic carbocycles. The van der Waals surface area contributed by atoms with Gasteiger partial charge in [-0.05, 0) is 37.7 Å². The molecule has 0 bridgehead atoms. The van der Waals surface area contributed by atoms with E-state index in [4.69, 9.17) is 9.15 Å². The van der Waals surface area contributed by atoms with Crippen LogP contribution in [0.1, 0.15) is 18.4 Å². The Morgan fingerprint density at radius 1 is 1.15 bits per heavy atom. The van der Waals surface area contributed by atoms with Gasteiger partial charge in [0.2, 0.25) is 11.8 Å². The number of nitrogens with one attached hydrogen (secondary N) is 1. The molecular weight excluding hydrogens is 346 g/mol. The summed E-state index contributed by atoms with van der Waals surface area (Å²) in [6.45, 7) is 5.04. The zero-order valence-corrected chi connectivity index (χ0v) is 16.3. The summed E-state index contributed by atoms with van der Waals surface area (Å²) in [5.74, 6) is 1.88. The minimum atomic E-state index is -0.196. The van der Waals surface area contributed by atoms with E-state index in [1.54, 1.807) is 36.1 Å². The van der Waals surface area contributed by atoms with Crippen molar-refractivity contribution in [1.82, 2.24) is 9.80 Å². The van der Waals surface area contributed by atoms with E-state index in [1.807, 2.05) is 38.1 Å². The normalized spacial score (nSPS) is 10.7. The molecule has 2 aromatic rings. The van der Waals surface area contributed by atoms with Gasteiger partial charge >= 0.3 is 0 Å². The fraction of sp³-hybridized carbons (Fsp3) is 0.400. The van der Waals surface area contributed by atoms with Crippen LogP contribution in [0.3, 0.4) is 0 Å². The number of benzene rings is 1. The number of ether oxygens (including phenoxy) is 1. The standard InChI is InChI=1S/C20H27N3O4/c1-5-23(13-19(24)21-17-8-6-7-9-18(17)26-4)14-20(25)22(3)12-16-11-10-15(2)27-16/h6-11H,5,12-14H2,1-4H3,(H,21,24). The summed E-state index contributed by atoms with van der Waals surface area (Å²) in [4.78, 5) is 28.2. The first kappa shape index (κ1) is 20.5. The molecule has 0 aliphatic rings. The summed E-state index contributed by atoms with van der Waals surface area (Å²) in [6, 6.07) is 10.9. The maximum atomic E-state index is 12.5. The Bertz CT molecular complexity index is 772. The van der Waals surface area contributed by atoms with E-state index >= 15 is 0 Å². The Hall–Kier alpha value is -2.80. The van der Waals surface area contributed by atoms with Crippen LogP contribution in [0.25, 0.3) is 0 Å². The van der Waals surface area contributed by atoms with Gasteiger partial charge in [0, 0.05) is 7.05 Å². The topological polar surface area (TPSA) is 75.0 Å². The van der Waals surface area contributed by atoms with E-state index in [1.165, 1.54) is 0 Å². The highest BCUT2D eigenvalue weighted by Gasteiger charge is 2.17. The van der Waals surface area contributed by atoms with Crippen LogP contribution in [0.4, 0.5) is 5.69 Å². The number of aryl methyl sites for hydroxylation is 1. The van der Waals surface area contributed by atoms with E-state index in [0.29, 0.717) is 24.5 Å². The van der Waals surface area contributed by atoms with Crippen molar-refractivity contribution in [2.24, 2.45) is 0 Å². The Morgan fingerprint density at radius 2 is 1.89 bits per heavy atom. The van der Waals surface area contributed by atoms with Gasteiger partial charge in [0.25, 0.3) is 0 Å². The Labute approximate surface area is 159 Å². The lowest BCUT2D eigenvalue weighted by Crippen LogP contribution is -2.41. The zero-order chi connectivity index (χ0) is 19.8. The second kappa shape index (κ2) is 9.78. The lowest BCUT2D eigenvalue weighted by molar-refractivity contribution is -0.132. The number of likely N-dealkylation sites (N-methyl/N-ethyl adjacent to an activating group) is 2. The molecule has 0 unspecified atom stereocenters. The van der Waals surface area contributed by atoms with Crippen molar-refractivity contribution in [2.75, 3.05) is 39.1 Å². The van der Waals surface area contributed by atoms with Crippen molar-refractivity contribution in [3.05, 3.63) is 47.9 Å². The maximum absolute atomic E-state index is 12.5. The smallest absolute Gasteiger partial charge is 0.238 e. The van der Waals surface area contributed by atoms with Gasteiger partial charge in [-0.3, -0.25) is 14.5 Å². The third-order valence-electron chi connectivity index (χ3n) is 4.17. The lowest BCUT2D eigenvalue weighted by Gasteiger charge is -2.23. The molecule has 0 saturated carbocycles. The number of rotatable bonds is 9. The van der Waals surface area contributed by atoms with Crippen LogP contribution in [-0.4, -0.2) is 55.4 Å². The lowest BCUT2D eigenvalue weighted by atomic mass is 10.3. The molecule has 0 aliphatic heterocycles. The minimum Gasteiger partial charge on any atom is -0.495 e. The zero-order valence-electron chi connectivity index (χ0n) is 16.3. The Balaban J connectivity index is 1.88. The highest BCUT2D eigenvalue weighted by molar-refractivity contribution is 5.94. The largest absolute Gasteiger partial charge is 0.495 e. The van der Waals surface area contributed by atoms with Crippen LogP contribution in [0.15, 0.2) is 40.8 Å². The third-order valence-corrected chi connectivity index (χ3v) is 4.17. The van der Waals surface area contributed by atoms with Gasteiger partial charge in [-0.15, -0.1) is 0 Å². The number of nitrogens with zero attached hydrogens (tertiary/aromatic N) is 2. The van der Waals surface area contributed by atoms with E-state index in [-0.39, 0.29) is 24.9 Å². The highest BCUT2D eigenvalue weighted by atomic mass is 16.5. The third kappa shape index (κ3) is 6.14. The van der Waals surface area contributed by atoms with Gasteiger partial charge in [-0.1, -0.05) is 19.1 Å². The van der Waals surface area contributed by atoms with Gasteiger partial charge in [0.1, 0.15) is 17.3 Å². The van der Waals surface area contributed by atoms with Crippen molar-refractivity contribution in [2.45, 2.75) is 20.4 Å². The quantitative estimate of drug-likeness (QED) is 0.731. The number of furan rings is 1. The second-order valence-corrected chi connectivity index (χ2v) is 6.31. The van der Waals surface area contributed by atoms with Crippen LogP contribution >= 0.6 is 0 Å². The SMILES string of the molecule is CCN(CC(=O)Nc1ccccc1OC)CC(=O)N(C)Cc1ccc(C)o1. The van der Waals surface area contributed by atoms with Crippen molar-refractivity contribution in [1.29, 1.82) is 0 Å². The molecule has 146 valence electrons. The predicted octanol–water partition coefficient (Wildman–Crippen LogP) is 2.52. The molecule has 1 heterocycles. The monoisotopic (exact) mass is 373 g/mol. The van der Waals surface area contributed by atoms with Gasteiger partial charge in [-0.25, -0.2) is 0 Å². The van der Waals surface area contributed by atoms with Crippen LogP contribution in [0.2, 0.25) is 0 Å². The molecule has 1 aromatic heterocycles. The maximum Gasteiger partial charge on any atom is 0.238 e. The summed E-state index contributed by atoms with van der Waals surface area (Å²) >= 11 is 0. The van der Waals surface area contributed by atoms with E-state index in [0.717, 1.165) is 11.5 Å². The number of hydrogen-bond donors (Lipinski definition) is 1. The van der Waals surface area contributed by atoms with Crippen LogP contribution in [0, 0.1) is 6.92 Å². The van der Waals surface area contributed by atoms with E-state index in [9.17, 15) is 9.59 Å². The average molecular weight is 373 g/mol. The Morgan fingerprint density at radius 3 is 2.52 bits per heavy atom. The molecule has 2 amide bonds. The number of anilines is 1. The number of carbonyl (C=O) groups is 2. The van der Waals surface area contributed by atoms with Crippen LogP contribution in [-0.2, 0) is 16.1 Å². The summed E-state index contributed by atoms with van der Waals surface area (Å²) in [7, 11) is 3.28. The molecule has 27 heavy (non-hydrogen) atoms. The summed E-state index contributed by atoms with van der Waals surface area (Å²) in [5.41, 5.74) is 0.609. The van der Waals surface area contributed by atoms with Gasteiger partial charge in [0.05, 0.1) is 32.4 Å². The second-order valence-electron chi connectivity index (χ2n) is 6.31. The Kier molecular flexibility index (Phi) is 7.43. The number of hydrogen-bond acceptors (Lipinski definition) is 5. The fourth-order valence-corrected chi connectivity index (χ4v) is 2.62. The summed E-state index contributed by atoms with van der Waals surface area (Å²) in [6.07, 6.45) is 0. The molecular formula is C20H27N3O4. The van der Waals surface area contributed by atoms with Crippen molar-refractivity contribution in [3.8, 4) is 5.75 Å². The van der Waals surface area contributed by atoms with E-state index < -0.39 is 0 Å². The first-order valence-electron chi connectivity index (χ1n) is 8.87. The van der Waals surface area contributed by atoms with Crippen molar-refractivity contribution in [3.63, 3.8) is 0 Å². The molecule has 0 radical (unpaired) electrons. The summed E-state index contributed by atoms with van der Waals surface area (Å²) in [5, 5.41) is 2.83. The number of para-hydroxylation sites is 2. The first-order valence-corrected chi connectivity index (χ1v) is 8.87. The van der Waals surface area contributed by atoms with Crippen LogP contribution < -0.4 is 10.1 Å². The van der Waals surface area contributed by atoms with Gasteiger partial charge in [0.15, 0.2) is 0 Å². The minimum absolute atomic E-state index is 0.0732. The number of carbonyl (C=O) groups excluding carboxylic acids is 2. The van der Waals surface area contributed by atoms with Gasteiger partial charge < -0.3 is 19.4 Å². The molecule has 7 nitrogen and oxygen atoms in total. The summed E-state index contributed by atoms with van der Waals surface area (Å²) < 4.78 is 10.7. The molecule has 0 atom stereocenters. The average Bonchev–Trinajstić information content (AvgIpc) is 3.06. The van der Waals surface area contributed by atoms with Crippen LogP contribution in [0.5, 0.6) is 5.75 Å². The van der Waals surface area contributed by atoms with Crippen molar-refractivity contribution >= 4 is 17.5 Å². The van der Waals surface area contributed by atoms with Gasteiger partial charge in [-0.2, -0.15) is 0 Å². The molecule has 1 aromatic carbocycles. The molecule has 7 heteroatoms. The molecule has 0 saturated heterocycles.